The Hall–Kier alpha value is -1.70. The molecule has 2 heteroatoms. The summed E-state index contributed by atoms with van der Waals surface area (Å²) in [6.45, 7) is 14.4. The minimum atomic E-state index is 0.877. The lowest BCUT2D eigenvalue weighted by molar-refractivity contribution is 0.349. The fourth-order valence-corrected chi connectivity index (χ4v) is 1.57. The molecule has 0 N–H and O–H groups in total. The summed E-state index contributed by atoms with van der Waals surface area (Å²) in [5.41, 5.74) is 2.25. The van der Waals surface area contributed by atoms with Crippen LogP contribution in [0.25, 0.3) is 0 Å². The zero-order chi connectivity index (χ0) is 13.3. The Labute approximate surface area is 106 Å². The summed E-state index contributed by atoms with van der Waals surface area (Å²) in [5, 5.41) is 0. The quantitative estimate of drug-likeness (QED) is 0.678. The van der Waals surface area contributed by atoms with E-state index in [4.69, 9.17) is 0 Å². The first-order valence-corrected chi connectivity index (χ1v) is 6.00. The molecule has 0 aromatic carbocycles. The Morgan fingerprint density at radius 1 is 1.24 bits per heavy atom. The SMILES string of the molecule is C=C/C=C(C=C)\C(=C/C)N1C=CN(C)C1.CC. The van der Waals surface area contributed by atoms with Crippen LogP contribution in [0.3, 0.4) is 0 Å². The summed E-state index contributed by atoms with van der Waals surface area (Å²) >= 11 is 0. The van der Waals surface area contributed by atoms with Crippen LogP contribution in [-0.2, 0) is 0 Å². The summed E-state index contributed by atoms with van der Waals surface area (Å²) in [7, 11) is 2.05. The molecule has 1 rings (SSSR count). The smallest absolute Gasteiger partial charge is 0.0939 e. The van der Waals surface area contributed by atoms with Gasteiger partial charge in [0.25, 0.3) is 0 Å². The molecule has 94 valence electrons. The molecule has 0 aliphatic carbocycles. The first-order chi connectivity index (χ1) is 8.22. The van der Waals surface area contributed by atoms with Gasteiger partial charge in [0.2, 0.25) is 0 Å². The second kappa shape index (κ2) is 8.45. The minimum Gasteiger partial charge on any atom is -0.361 e. The van der Waals surface area contributed by atoms with E-state index in [0.29, 0.717) is 0 Å². The average molecular weight is 232 g/mol. The zero-order valence-electron chi connectivity index (χ0n) is 11.5. The normalized spacial score (nSPS) is 15.5. The lowest BCUT2D eigenvalue weighted by Crippen LogP contribution is -2.22. The molecule has 1 aliphatic heterocycles. The number of hydrogen-bond acceptors (Lipinski definition) is 2. The van der Waals surface area contributed by atoms with Gasteiger partial charge in [-0.3, -0.25) is 0 Å². The van der Waals surface area contributed by atoms with Crippen LogP contribution in [0.15, 0.2) is 61.1 Å². The molecule has 0 fully saturated rings. The van der Waals surface area contributed by atoms with E-state index < -0.39 is 0 Å². The van der Waals surface area contributed by atoms with Gasteiger partial charge in [-0.15, -0.1) is 0 Å². The molecule has 17 heavy (non-hydrogen) atoms. The second-order valence-corrected chi connectivity index (χ2v) is 3.40. The Bertz CT molecular complexity index is 335. The van der Waals surface area contributed by atoms with E-state index in [-0.39, 0.29) is 0 Å². The van der Waals surface area contributed by atoms with E-state index in [9.17, 15) is 0 Å². The fourth-order valence-electron chi connectivity index (χ4n) is 1.57. The lowest BCUT2D eigenvalue weighted by atomic mass is 10.1. The summed E-state index contributed by atoms with van der Waals surface area (Å²) in [4.78, 5) is 4.30. The van der Waals surface area contributed by atoms with Gasteiger partial charge >= 0.3 is 0 Å². The molecule has 0 aromatic rings. The monoisotopic (exact) mass is 232 g/mol. The molecular weight excluding hydrogens is 208 g/mol. The van der Waals surface area contributed by atoms with Gasteiger partial charge in [-0.25, -0.2) is 0 Å². The van der Waals surface area contributed by atoms with Crippen molar-refractivity contribution in [3.63, 3.8) is 0 Å². The van der Waals surface area contributed by atoms with Gasteiger partial charge in [0.05, 0.1) is 6.67 Å². The predicted molar refractivity (Wildman–Crippen MR) is 77.2 cm³/mol. The molecule has 0 spiro atoms. The van der Waals surface area contributed by atoms with Gasteiger partial charge < -0.3 is 9.80 Å². The van der Waals surface area contributed by atoms with Crippen molar-refractivity contribution < 1.29 is 0 Å². The van der Waals surface area contributed by atoms with Crippen LogP contribution in [0.1, 0.15) is 20.8 Å². The molecule has 0 radical (unpaired) electrons. The maximum Gasteiger partial charge on any atom is 0.0939 e. The molecule has 0 amide bonds. The standard InChI is InChI=1S/C13H18N2.C2H6/c1-5-8-12(6-2)13(7-3)15-10-9-14(4)11-15;1-2/h5-10H,1-2,11H2,3-4H3;1-2H3/b12-8-,13-7+;. The van der Waals surface area contributed by atoms with Crippen LogP contribution in [0.5, 0.6) is 0 Å². The number of rotatable bonds is 4. The highest BCUT2D eigenvalue weighted by atomic mass is 15.3. The maximum absolute atomic E-state index is 3.82. The minimum absolute atomic E-state index is 0.877. The zero-order valence-corrected chi connectivity index (χ0v) is 11.5. The molecule has 0 saturated carbocycles. The predicted octanol–water partition coefficient (Wildman–Crippen LogP) is 3.89. The lowest BCUT2D eigenvalue weighted by Gasteiger charge is -2.22. The third kappa shape index (κ3) is 4.35. The summed E-state index contributed by atoms with van der Waals surface area (Å²) in [5.74, 6) is 0. The van der Waals surface area contributed by atoms with Crippen LogP contribution in [-0.4, -0.2) is 23.5 Å². The van der Waals surface area contributed by atoms with E-state index in [1.165, 1.54) is 0 Å². The van der Waals surface area contributed by atoms with Crippen molar-refractivity contribution in [2.45, 2.75) is 20.8 Å². The molecule has 2 nitrogen and oxygen atoms in total. The van der Waals surface area contributed by atoms with Crippen molar-refractivity contribution in [3.8, 4) is 0 Å². The van der Waals surface area contributed by atoms with Gasteiger partial charge in [-0.2, -0.15) is 0 Å². The largest absolute Gasteiger partial charge is 0.361 e. The molecule has 0 atom stereocenters. The van der Waals surface area contributed by atoms with Gasteiger partial charge in [0.1, 0.15) is 0 Å². The van der Waals surface area contributed by atoms with Gasteiger partial charge in [-0.1, -0.05) is 51.3 Å². The average Bonchev–Trinajstić information content (AvgIpc) is 2.78. The Balaban J connectivity index is 0.00000121. The summed E-state index contributed by atoms with van der Waals surface area (Å²) in [6.07, 6.45) is 11.8. The van der Waals surface area contributed by atoms with Crippen molar-refractivity contribution in [3.05, 3.63) is 61.1 Å². The maximum atomic E-state index is 3.82. The summed E-state index contributed by atoms with van der Waals surface area (Å²) < 4.78 is 0. The molecule has 0 unspecified atom stereocenters. The van der Waals surface area contributed by atoms with E-state index in [1.807, 2.05) is 32.9 Å². The van der Waals surface area contributed by atoms with Crippen LogP contribution in [0, 0.1) is 0 Å². The van der Waals surface area contributed by atoms with E-state index in [1.54, 1.807) is 6.08 Å². The van der Waals surface area contributed by atoms with Crippen molar-refractivity contribution in [2.75, 3.05) is 13.7 Å². The molecular formula is C15H24N2. The van der Waals surface area contributed by atoms with Crippen LogP contribution in [0.4, 0.5) is 0 Å². The second-order valence-electron chi connectivity index (χ2n) is 3.40. The molecule has 1 aliphatic rings. The van der Waals surface area contributed by atoms with Gasteiger partial charge in [0.15, 0.2) is 0 Å². The Morgan fingerprint density at radius 2 is 1.88 bits per heavy atom. The van der Waals surface area contributed by atoms with E-state index in [2.05, 4.69) is 48.5 Å². The topological polar surface area (TPSA) is 6.48 Å². The number of allylic oxidation sites excluding steroid dienone is 4. The number of nitrogens with zero attached hydrogens (tertiary/aromatic N) is 2. The van der Waals surface area contributed by atoms with Gasteiger partial charge in [-0.05, 0) is 12.5 Å². The van der Waals surface area contributed by atoms with Crippen LogP contribution in [0.2, 0.25) is 0 Å². The highest BCUT2D eigenvalue weighted by molar-refractivity contribution is 5.40. The molecule has 0 saturated heterocycles. The van der Waals surface area contributed by atoms with Crippen molar-refractivity contribution in [1.29, 1.82) is 0 Å². The van der Waals surface area contributed by atoms with Crippen molar-refractivity contribution in [1.82, 2.24) is 9.80 Å². The molecule has 0 bridgehead atoms. The Kier molecular flexibility index (Phi) is 7.61. The Morgan fingerprint density at radius 3 is 2.24 bits per heavy atom. The highest BCUT2D eigenvalue weighted by Gasteiger charge is 2.13. The van der Waals surface area contributed by atoms with E-state index >= 15 is 0 Å². The van der Waals surface area contributed by atoms with Crippen molar-refractivity contribution >= 4 is 0 Å². The first kappa shape index (κ1) is 15.3. The highest BCUT2D eigenvalue weighted by Crippen LogP contribution is 2.20. The van der Waals surface area contributed by atoms with Gasteiger partial charge in [0, 0.05) is 25.1 Å². The summed E-state index contributed by atoms with van der Waals surface area (Å²) in [6, 6.07) is 0. The van der Waals surface area contributed by atoms with E-state index in [0.717, 1.165) is 17.9 Å². The molecule has 0 aromatic heterocycles. The van der Waals surface area contributed by atoms with Crippen molar-refractivity contribution in [2.24, 2.45) is 0 Å². The molecule has 1 heterocycles. The number of hydrogen-bond donors (Lipinski definition) is 0. The van der Waals surface area contributed by atoms with Crippen LogP contribution >= 0.6 is 0 Å². The fraction of sp³-hybridized carbons (Fsp3) is 0.333. The third-order valence-electron chi connectivity index (χ3n) is 2.27. The third-order valence-corrected chi connectivity index (χ3v) is 2.27. The van der Waals surface area contributed by atoms with Crippen LogP contribution < -0.4 is 0 Å². The first-order valence-electron chi connectivity index (χ1n) is 6.00.